The molecular formula is C23H31N3O5S2. The minimum Gasteiger partial charge on any atom is -0.325 e. The molecule has 1 amide bonds. The first-order chi connectivity index (χ1) is 15.6. The third-order valence-corrected chi connectivity index (χ3v) is 8.76. The summed E-state index contributed by atoms with van der Waals surface area (Å²) in [6, 6.07) is 12.6. The minimum absolute atomic E-state index is 0.0445. The van der Waals surface area contributed by atoms with Crippen molar-refractivity contribution in [3.05, 3.63) is 54.1 Å². The van der Waals surface area contributed by atoms with Crippen molar-refractivity contribution in [2.24, 2.45) is 0 Å². The van der Waals surface area contributed by atoms with E-state index in [1.165, 1.54) is 12.1 Å². The van der Waals surface area contributed by atoms with Crippen LogP contribution in [0.15, 0.2) is 58.3 Å². The molecule has 1 atom stereocenters. The zero-order valence-electron chi connectivity index (χ0n) is 19.0. The normalized spacial score (nSPS) is 16.7. The molecule has 0 spiro atoms. The Balaban J connectivity index is 1.54. The van der Waals surface area contributed by atoms with Gasteiger partial charge >= 0.3 is 0 Å². The van der Waals surface area contributed by atoms with Gasteiger partial charge in [0, 0.05) is 31.1 Å². The van der Waals surface area contributed by atoms with Crippen LogP contribution < -0.4 is 10.6 Å². The highest BCUT2D eigenvalue weighted by Gasteiger charge is 2.25. The summed E-state index contributed by atoms with van der Waals surface area (Å²) in [5, 5.41) is 5.85. The van der Waals surface area contributed by atoms with Crippen LogP contribution in [0, 0.1) is 0 Å². The number of hydrogen-bond acceptors (Lipinski definition) is 6. The van der Waals surface area contributed by atoms with Gasteiger partial charge in [0.15, 0.2) is 9.84 Å². The van der Waals surface area contributed by atoms with Crippen LogP contribution in [0.25, 0.3) is 0 Å². The first-order valence-corrected chi connectivity index (χ1v) is 14.3. The summed E-state index contributed by atoms with van der Waals surface area (Å²) in [5.41, 5.74) is 1.38. The third-order valence-electron chi connectivity index (χ3n) is 5.72. The Morgan fingerprint density at radius 1 is 0.879 bits per heavy atom. The van der Waals surface area contributed by atoms with Crippen molar-refractivity contribution in [1.82, 2.24) is 9.62 Å². The standard InChI is InChI=1S/C23H31N3O5S2/c1-18(19-7-11-21(12-8-19)32(2,28)29)24-17-23(27)25-20-9-13-22(14-10-20)33(30,31)26-15-5-3-4-6-16-26/h7-14,18,24H,3-6,15-17H2,1-2H3,(H,25,27)/t18-/m0/s1. The van der Waals surface area contributed by atoms with Crippen molar-refractivity contribution in [3.8, 4) is 0 Å². The van der Waals surface area contributed by atoms with E-state index < -0.39 is 19.9 Å². The van der Waals surface area contributed by atoms with E-state index in [0.29, 0.717) is 18.8 Å². The van der Waals surface area contributed by atoms with Crippen LogP contribution in [0.3, 0.4) is 0 Å². The lowest BCUT2D eigenvalue weighted by Crippen LogP contribution is -2.32. The molecule has 0 aliphatic carbocycles. The van der Waals surface area contributed by atoms with Gasteiger partial charge in [-0.2, -0.15) is 4.31 Å². The van der Waals surface area contributed by atoms with Crippen molar-refractivity contribution in [2.45, 2.75) is 48.4 Å². The van der Waals surface area contributed by atoms with Gasteiger partial charge in [0.2, 0.25) is 15.9 Å². The third kappa shape index (κ3) is 6.86. The molecule has 2 N–H and O–H groups in total. The second-order valence-electron chi connectivity index (χ2n) is 8.33. The Kier molecular flexibility index (Phi) is 8.28. The minimum atomic E-state index is -3.52. The summed E-state index contributed by atoms with van der Waals surface area (Å²) in [5.74, 6) is -0.266. The van der Waals surface area contributed by atoms with Gasteiger partial charge in [-0.15, -0.1) is 0 Å². The fraction of sp³-hybridized carbons (Fsp3) is 0.435. The maximum atomic E-state index is 12.9. The molecule has 0 aromatic heterocycles. The second kappa shape index (κ2) is 10.8. The number of rotatable bonds is 8. The number of carbonyl (C=O) groups excluding carboxylic acids is 1. The van der Waals surface area contributed by atoms with E-state index in [1.807, 2.05) is 6.92 Å². The Bertz CT molecular complexity index is 1150. The van der Waals surface area contributed by atoms with E-state index in [0.717, 1.165) is 37.5 Å². The van der Waals surface area contributed by atoms with E-state index in [9.17, 15) is 21.6 Å². The maximum Gasteiger partial charge on any atom is 0.243 e. The van der Waals surface area contributed by atoms with E-state index in [2.05, 4.69) is 10.6 Å². The van der Waals surface area contributed by atoms with E-state index in [1.54, 1.807) is 40.7 Å². The van der Waals surface area contributed by atoms with Gasteiger partial charge in [-0.05, 0) is 61.7 Å². The lowest BCUT2D eigenvalue weighted by Gasteiger charge is -2.20. The van der Waals surface area contributed by atoms with Crippen molar-refractivity contribution in [1.29, 1.82) is 0 Å². The summed E-state index contributed by atoms with van der Waals surface area (Å²) in [6.45, 7) is 3.01. The highest BCUT2D eigenvalue weighted by atomic mass is 32.2. The summed E-state index contributed by atoms with van der Waals surface area (Å²) >= 11 is 0. The maximum absolute atomic E-state index is 12.9. The molecule has 3 rings (SSSR count). The van der Waals surface area contributed by atoms with E-state index in [4.69, 9.17) is 0 Å². The van der Waals surface area contributed by atoms with Crippen molar-refractivity contribution in [2.75, 3.05) is 31.2 Å². The van der Waals surface area contributed by atoms with Crippen molar-refractivity contribution in [3.63, 3.8) is 0 Å². The molecule has 0 bridgehead atoms. The first kappa shape index (κ1) is 25.4. The van der Waals surface area contributed by atoms with Gasteiger partial charge in [-0.25, -0.2) is 16.8 Å². The van der Waals surface area contributed by atoms with Crippen LogP contribution >= 0.6 is 0 Å². The van der Waals surface area contributed by atoms with Gasteiger partial charge in [-0.1, -0.05) is 25.0 Å². The summed E-state index contributed by atoms with van der Waals surface area (Å²) in [7, 11) is -6.78. The number of hydrogen-bond donors (Lipinski definition) is 2. The van der Waals surface area contributed by atoms with Crippen LogP contribution in [0.2, 0.25) is 0 Å². The average molecular weight is 494 g/mol. The first-order valence-electron chi connectivity index (χ1n) is 11.0. The molecule has 0 radical (unpaired) electrons. The number of nitrogens with one attached hydrogen (secondary N) is 2. The molecule has 1 fully saturated rings. The zero-order valence-corrected chi connectivity index (χ0v) is 20.6. The van der Waals surface area contributed by atoms with Crippen LogP contribution in [0.5, 0.6) is 0 Å². The van der Waals surface area contributed by atoms with Crippen molar-refractivity contribution >= 4 is 31.5 Å². The molecule has 0 unspecified atom stereocenters. The Morgan fingerprint density at radius 3 is 1.97 bits per heavy atom. The molecule has 10 heteroatoms. The molecule has 2 aromatic carbocycles. The Labute approximate surface area is 196 Å². The van der Waals surface area contributed by atoms with E-state index >= 15 is 0 Å². The predicted octanol–water partition coefficient (Wildman–Crippen LogP) is 2.94. The summed E-state index contributed by atoms with van der Waals surface area (Å²) in [6.07, 6.45) is 5.01. The number of nitrogens with zero attached hydrogens (tertiary/aromatic N) is 1. The van der Waals surface area contributed by atoms with Gasteiger partial charge in [0.1, 0.15) is 0 Å². The smallest absolute Gasteiger partial charge is 0.243 e. The molecule has 2 aromatic rings. The molecular weight excluding hydrogens is 462 g/mol. The number of sulfone groups is 1. The van der Waals surface area contributed by atoms with Gasteiger partial charge in [-0.3, -0.25) is 4.79 Å². The number of amides is 1. The van der Waals surface area contributed by atoms with Crippen LogP contribution in [-0.4, -0.2) is 52.9 Å². The van der Waals surface area contributed by atoms with Crippen molar-refractivity contribution < 1.29 is 21.6 Å². The number of anilines is 1. The number of sulfonamides is 1. The monoisotopic (exact) mass is 493 g/mol. The molecule has 1 heterocycles. The molecule has 1 aliphatic rings. The fourth-order valence-electron chi connectivity index (χ4n) is 3.71. The fourth-order valence-corrected chi connectivity index (χ4v) is 5.86. The molecule has 8 nitrogen and oxygen atoms in total. The largest absolute Gasteiger partial charge is 0.325 e. The molecule has 33 heavy (non-hydrogen) atoms. The topological polar surface area (TPSA) is 113 Å². The molecule has 1 saturated heterocycles. The lowest BCUT2D eigenvalue weighted by atomic mass is 10.1. The summed E-state index contributed by atoms with van der Waals surface area (Å²) < 4.78 is 50.4. The predicted molar refractivity (Wildman–Crippen MR) is 128 cm³/mol. The lowest BCUT2D eigenvalue weighted by molar-refractivity contribution is -0.115. The van der Waals surface area contributed by atoms with Crippen LogP contribution in [-0.2, 0) is 24.7 Å². The van der Waals surface area contributed by atoms with Gasteiger partial charge in [0.05, 0.1) is 16.3 Å². The van der Waals surface area contributed by atoms with E-state index in [-0.39, 0.29) is 28.3 Å². The second-order valence-corrected chi connectivity index (χ2v) is 12.3. The van der Waals surface area contributed by atoms with Crippen LogP contribution in [0.4, 0.5) is 5.69 Å². The number of carbonyl (C=O) groups is 1. The molecule has 0 saturated carbocycles. The molecule has 180 valence electrons. The summed E-state index contributed by atoms with van der Waals surface area (Å²) in [4.78, 5) is 12.8. The number of benzene rings is 2. The van der Waals surface area contributed by atoms with Gasteiger partial charge in [0.25, 0.3) is 0 Å². The highest BCUT2D eigenvalue weighted by Crippen LogP contribution is 2.22. The SMILES string of the molecule is C[C@H](NCC(=O)Nc1ccc(S(=O)(=O)N2CCCCCC2)cc1)c1ccc(S(C)(=O)=O)cc1. The quantitative estimate of drug-likeness (QED) is 0.585. The Hall–Kier alpha value is -2.27. The highest BCUT2D eigenvalue weighted by molar-refractivity contribution is 7.90. The average Bonchev–Trinajstić information content (AvgIpc) is 3.08. The van der Waals surface area contributed by atoms with Crippen LogP contribution in [0.1, 0.15) is 44.2 Å². The Morgan fingerprint density at radius 2 is 1.42 bits per heavy atom. The molecule has 1 aliphatic heterocycles. The zero-order chi connectivity index (χ0) is 24.1. The van der Waals surface area contributed by atoms with Gasteiger partial charge < -0.3 is 10.6 Å².